The van der Waals surface area contributed by atoms with Gasteiger partial charge in [-0.3, -0.25) is 14.4 Å². The zero-order valence-electron chi connectivity index (χ0n) is 18.7. The molecule has 33 heavy (non-hydrogen) atoms. The zero-order chi connectivity index (χ0) is 22.9. The molecule has 6 heteroatoms. The van der Waals surface area contributed by atoms with Gasteiger partial charge in [-0.1, -0.05) is 54.9 Å². The fourth-order valence-electron chi connectivity index (χ4n) is 4.36. The molecule has 0 N–H and O–H groups in total. The monoisotopic (exact) mass is 454 g/mol. The molecule has 0 spiro atoms. The van der Waals surface area contributed by atoms with E-state index in [0.29, 0.717) is 5.02 Å². The van der Waals surface area contributed by atoms with E-state index in [1.807, 2.05) is 61.9 Å². The Morgan fingerprint density at radius 2 is 1.73 bits per heavy atom. The quantitative estimate of drug-likeness (QED) is 0.301. The highest BCUT2D eigenvalue weighted by Crippen LogP contribution is 2.44. The smallest absolute Gasteiger partial charge is 0.131 e. The molecule has 5 aromatic rings. The van der Waals surface area contributed by atoms with E-state index in [4.69, 9.17) is 21.3 Å². The Kier molecular flexibility index (Phi) is 5.56. The van der Waals surface area contributed by atoms with Crippen LogP contribution < -0.4 is 4.74 Å². The van der Waals surface area contributed by atoms with Gasteiger partial charge in [-0.15, -0.1) is 0 Å². The number of hydrogen-bond donors (Lipinski definition) is 0. The summed E-state index contributed by atoms with van der Waals surface area (Å²) in [6.45, 7) is 4.13. The highest BCUT2D eigenvalue weighted by atomic mass is 35.5. The number of fused-ring (bicyclic) bond motifs is 1. The van der Waals surface area contributed by atoms with Crippen LogP contribution in [0.15, 0.2) is 79.5 Å². The first kappa shape index (κ1) is 21.2. The third-order valence-corrected chi connectivity index (χ3v) is 6.43. The molecule has 0 saturated heterocycles. The van der Waals surface area contributed by atoms with Crippen LogP contribution in [0.4, 0.5) is 0 Å². The van der Waals surface area contributed by atoms with Crippen LogP contribution >= 0.6 is 11.6 Å². The van der Waals surface area contributed by atoms with Crippen molar-refractivity contribution in [3.05, 3.63) is 101 Å². The predicted molar refractivity (Wildman–Crippen MR) is 132 cm³/mol. The summed E-state index contributed by atoms with van der Waals surface area (Å²) in [5.41, 5.74) is 6.74. The van der Waals surface area contributed by atoms with Crippen molar-refractivity contribution in [2.45, 2.75) is 19.8 Å². The minimum absolute atomic E-state index is 0.0965. The molecule has 5 rings (SSSR count). The molecule has 164 valence electrons. The van der Waals surface area contributed by atoms with Crippen LogP contribution in [-0.2, 0) is 0 Å². The lowest BCUT2D eigenvalue weighted by Gasteiger charge is -2.21. The van der Waals surface area contributed by atoms with Crippen LogP contribution in [0, 0.1) is 6.92 Å². The normalized spacial score (nSPS) is 12.1. The summed E-state index contributed by atoms with van der Waals surface area (Å²) < 4.78 is 8.07. The maximum Gasteiger partial charge on any atom is 0.131 e. The maximum absolute atomic E-state index is 6.74. The van der Waals surface area contributed by atoms with Gasteiger partial charge in [-0.25, -0.2) is 4.98 Å². The number of methoxy groups -OCH3 is 1. The van der Waals surface area contributed by atoms with Crippen molar-refractivity contribution in [2.75, 3.05) is 7.11 Å². The minimum atomic E-state index is -0.0965. The first-order valence-corrected chi connectivity index (χ1v) is 11.1. The molecule has 0 aliphatic rings. The summed E-state index contributed by atoms with van der Waals surface area (Å²) in [5.74, 6) is 1.58. The zero-order valence-corrected chi connectivity index (χ0v) is 19.4. The summed E-state index contributed by atoms with van der Waals surface area (Å²) in [7, 11) is 1.70. The molecule has 0 saturated carbocycles. The van der Waals surface area contributed by atoms with Crippen LogP contribution in [0.2, 0.25) is 5.02 Å². The first-order chi connectivity index (χ1) is 16.1. The fourth-order valence-corrected chi connectivity index (χ4v) is 4.57. The van der Waals surface area contributed by atoms with Gasteiger partial charge in [0.25, 0.3) is 0 Å². The number of imidazole rings is 1. The number of rotatable bonds is 5. The number of aromatic nitrogens is 4. The summed E-state index contributed by atoms with van der Waals surface area (Å²) in [6, 6.07) is 16.1. The molecule has 0 amide bonds. The molecule has 2 aromatic carbocycles. The number of hydrogen-bond acceptors (Lipinski definition) is 4. The lowest BCUT2D eigenvalue weighted by atomic mass is 9.91. The van der Waals surface area contributed by atoms with Crippen molar-refractivity contribution < 1.29 is 4.74 Å². The summed E-state index contributed by atoms with van der Waals surface area (Å²) in [4.78, 5) is 13.7. The molecule has 3 aromatic heterocycles. The molecule has 0 fully saturated rings. The van der Waals surface area contributed by atoms with Gasteiger partial charge < -0.3 is 4.74 Å². The van der Waals surface area contributed by atoms with E-state index in [9.17, 15) is 0 Å². The van der Waals surface area contributed by atoms with Crippen LogP contribution in [0.1, 0.15) is 29.8 Å². The SMILES string of the molecule is COc1c(C(C)c2nc(-c3ccccc3)c3cnccn23)cc(Cl)c(C)c1-c1cccnc1. The van der Waals surface area contributed by atoms with Crippen molar-refractivity contribution >= 4 is 17.1 Å². The van der Waals surface area contributed by atoms with Crippen molar-refractivity contribution in [1.82, 2.24) is 19.4 Å². The van der Waals surface area contributed by atoms with Crippen LogP contribution in [-0.4, -0.2) is 26.5 Å². The van der Waals surface area contributed by atoms with Gasteiger partial charge >= 0.3 is 0 Å². The van der Waals surface area contributed by atoms with Gasteiger partial charge in [0.1, 0.15) is 11.6 Å². The number of halogens is 1. The van der Waals surface area contributed by atoms with Crippen molar-refractivity contribution in [3.63, 3.8) is 0 Å². The third-order valence-electron chi connectivity index (χ3n) is 6.03. The Morgan fingerprint density at radius 3 is 2.45 bits per heavy atom. The molecule has 1 unspecified atom stereocenters. The molecule has 5 nitrogen and oxygen atoms in total. The van der Waals surface area contributed by atoms with E-state index in [1.165, 1.54) is 0 Å². The molecule has 0 aliphatic heterocycles. The Bertz CT molecular complexity index is 1430. The lowest BCUT2D eigenvalue weighted by Crippen LogP contribution is -2.07. The van der Waals surface area contributed by atoms with Crippen molar-refractivity contribution in [1.29, 1.82) is 0 Å². The molecular formula is C27H23ClN4O. The number of benzene rings is 2. The number of ether oxygens (including phenoxy) is 1. The molecular weight excluding hydrogens is 432 g/mol. The van der Waals surface area contributed by atoms with Gasteiger partial charge in [0.2, 0.25) is 0 Å². The predicted octanol–water partition coefficient (Wildman–Crippen LogP) is 6.58. The molecule has 3 heterocycles. The van der Waals surface area contributed by atoms with Gasteiger partial charge in [-0.05, 0) is 24.6 Å². The second-order valence-electron chi connectivity index (χ2n) is 7.96. The van der Waals surface area contributed by atoms with E-state index >= 15 is 0 Å². The van der Waals surface area contributed by atoms with Crippen LogP contribution in [0.5, 0.6) is 5.75 Å². The second kappa shape index (κ2) is 8.68. The van der Waals surface area contributed by atoms with Crippen LogP contribution in [0.25, 0.3) is 27.9 Å². The van der Waals surface area contributed by atoms with Crippen LogP contribution in [0.3, 0.4) is 0 Å². The van der Waals surface area contributed by atoms with E-state index in [1.54, 1.807) is 19.5 Å². The van der Waals surface area contributed by atoms with E-state index in [2.05, 4.69) is 33.4 Å². The standard InChI is InChI=1S/C27H23ClN4O/c1-17(21-14-22(28)18(2)24(26(21)33-3)20-10-7-11-29-15-20)27-31-25(19-8-5-4-6-9-19)23-16-30-12-13-32(23)27/h4-17H,1-3H3. The fraction of sp³-hybridized carbons (Fsp3) is 0.148. The Hall–Kier alpha value is -3.70. The van der Waals surface area contributed by atoms with Gasteiger partial charge in [-0.2, -0.15) is 0 Å². The second-order valence-corrected chi connectivity index (χ2v) is 8.37. The third kappa shape index (κ3) is 3.64. The minimum Gasteiger partial charge on any atom is -0.496 e. The average Bonchev–Trinajstić information content (AvgIpc) is 3.25. The molecule has 0 bridgehead atoms. The highest BCUT2D eigenvalue weighted by Gasteiger charge is 2.25. The van der Waals surface area contributed by atoms with Crippen molar-refractivity contribution in [3.8, 4) is 28.1 Å². The summed E-state index contributed by atoms with van der Waals surface area (Å²) >= 11 is 6.74. The molecule has 1 atom stereocenters. The summed E-state index contributed by atoms with van der Waals surface area (Å²) in [5, 5.41) is 0.683. The van der Waals surface area contributed by atoms with Gasteiger partial charge in [0.15, 0.2) is 0 Å². The average molecular weight is 455 g/mol. The van der Waals surface area contributed by atoms with E-state index in [-0.39, 0.29) is 5.92 Å². The van der Waals surface area contributed by atoms with Gasteiger partial charge in [0, 0.05) is 58.0 Å². The van der Waals surface area contributed by atoms with E-state index < -0.39 is 0 Å². The number of pyridine rings is 1. The molecule has 0 aliphatic carbocycles. The first-order valence-electron chi connectivity index (χ1n) is 10.7. The Balaban J connectivity index is 1.73. The lowest BCUT2D eigenvalue weighted by molar-refractivity contribution is 0.409. The Morgan fingerprint density at radius 1 is 0.970 bits per heavy atom. The summed E-state index contributed by atoms with van der Waals surface area (Å²) in [6.07, 6.45) is 9.17. The Labute approximate surface area is 197 Å². The van der Waals surface area contributed by atoms with Gasteiger partial charge in [0.05, 0.1) is 24.5 Å². The molecule has 0 radical (unpaired) electrons. The van der Waals surface area contributed by atoms with Crippen molar-refractivity contribution in [2.24, 2.45) is 0 Å². The number of nitrogens with zero attached hydrogens (tertiary/aromatic N) is 4. The van der Waals surface area contributed by atoms with E-state index in [0.717, 1.165) is 50.6 Å². The maximum atomic E-state index is 6.74. The largest absolute Gasteiger partial charge is 0.496 e. The topological polar surface area (TPSA) is 52.3 Å². The highest BCUT2D eigenvalue weighted by molar-refractivity contribution is 6.32.